The first-order valence-corrected chi connectivity index (χ1v) is 5.10. The monoisotopic (exact) mass is 194 g/mol. The van der Waals surface area contributed by atoms with Gasteiger partial charge in [-0.25, -0.2) is 0 Å². The average molecular weight is 194 g/mol. The highest BCUT2D eigenvalue weighted by Crippen LogP contribution is 2.15. The van der Waals surface area contributed by atoms with Gasteiger partial charge >= 0.3 is 0 Å². The number of rotatable bonds is 2. The van der Waals surface area contributed by atoms with E-state index >= 15 is 0 Å². The van der Waals surface area contributed by atoms with Crippen LogP contribution in [0.5, 0.6) is 0 Å². The molecular weight excluding hydrogens is 180 g/mol. The molecule has 3 heteroatoms. The van der Waals surface area contributed by atoms with E-state index < -0.39 is 0 Å². The lowest BCUT2D eigenvalue weighted by molar-refractivity contribution is 1.30. The van der Waals surface area contributed by atoms with Gasteiger partial charge in [-0.15, -0.1) is 0 Å². The van der Waals surface area contributed by atoms with Crippen LogP contribution in [0.15, 0.2) is 18.2 Å². The number of amidine groups is 1. The van der Waals surface area contributed by atoms with Crippen molar-refractivity contribution in [1.29, 1.82) is 5.41 Å². The molecule has 13 heavy (non-hydrogen) atoms. The molecule has 0 spiro atoms. The number of hydrogen-bond acceptors (Lipinski definition) is 2. The Hall–Kier alpha value is -0.960. The highest BCUT2D eigenvalue weighted by molar-refractivity contribution is 8.13. The van der Waals surface area contributed by atoms with E-state index in [0.717, 1.165) is 5.75 Å². The van der Waals surface area contributed by atoms with Gasteiger partial charge in [-0.1, -0.05) is 41.1 Å². The maximum absolute atomic E-state index is 7.09. The van der Waals surface area contributed by atoms with Crippen LogP contribution < -0.4 is 5.73 Å². The Morgan fingerprint density at radius 2 is 1.85 bits per heavy atom. The Morgan fingerprint density at radius 3 is 2.31 bits per heavy atom. The van der Waals surface area contributed by atoms with Crippen LogP contribution >= 0.6 is 11.8 Å². The number of nitrogens with two attached hydrogens (primary N) is 1. The standard InChI is InChI=1S/C10H14N2S/c1-7-3-8(2)5-9(4-7)6-13-10(11)12/h3-5H,6H2,1-2H3,(H3,11,12). The van der Waals surface area contributed by atoms with E-state index in [1.54, 1.807) is 0 Å². The third-order valence-corrected chi connectivity index (χ3v) is 2.46. The Balaban J connectivity index is 2.71. The number of benzene rings is 1. The molecule has 0 bridgehead atoms. The van der Waals surface area contributed by atoms with Gasteiger partial charge < -0.3 is 5.73 Å². The SMILES string of the molecule is Cc1cc(C)cc(CSC(=N)N)c1. The molecule has 2 nitrogen and oxygen atoms in total. The van der Waals surface area contributed by atoms with Crippen molar-refractivity contribution in [3.8, 4) is 0 Å². The minimum atomic E-state index is 0.180. The first kappa shape index (κ1) is 10.1. The molecule has 0 radical (unpaired) electrons. The predicted octanol–water partition coefficient (Wildman–Crippen LogP) is 2.43. The minimum absolute atomic E-state index is 0.180. The molecule has 0 unspecified atom stereocenters. The second kappa shape index (κ2) is 4.33. The van der Waals surface area contributed by atoms with Crippen molar-refractivity contribution >= 4 is 16.9 Å². The topological polar surface area (TPSA) is 49.9 Å². The first-order chi connectivity index (χ1) is 6.08. The van der Waals surface area contributed by atoms with Crippen LogP contribution in [0.3, 0.4) is 0 Å². The van der Waals surface area contributed by atoms with E-state index in [9.17, 15) is 0 Å². The number of hydrogen-bond donors (Lipinski definition) is 2. The van der Waals surface area contributed by atoms with Gasteiger partial charge in [-0.2, -0.15) is 0 Å². The lowest BCUT2D eigenvalue weighted by Crippen LogP contribution is -2.03. The molecule has 0 heterocycles. The minimum Gasteiger partial charge on any atom is -0.379 e. The van der Waals surface area contributed by atoms with Crippen LogP contribution in [-0.2, 0) is 5.75 Å². The molecule has 0 saturated carbocycles. The molecule has 0 fully saturated rings. The highest BCUT2D eigenvalue weighted by atomic mass is 32.2. The van der Waals surface area contributed by atoms with Crippen LogP contribution in [0.25, 0.3) is 0 Å². The molecule has 3 N–H and O–H groups in total. The summed E-state index contributed by atoms with van der Waals surface area (Å²) in [4.78, 5) is 0. The number of thioether (sulfide) groups is 1. The van der Waals surface area contributed by atoms with Gasteiger partial charge in [0.25, 0.3) is 0 Å². The van der Waals surface area contributed by atoms with Gasteiger partial charge in [0.1, 0.15) is 0 Å². The molecule has 0 aliphatic rings. The van der Waals surface area contributed by atoms with E-state index in [4.69, 9.17) is 11.1 Å². The summed E-state index contributed by atoms with van der Waals surface area (Å²) in [6.07, 6.45) is 0. The van der Waals surface area contributed by atoms with Crippen molar-refractivity contribution in [2.45, 2.75) is 19.6 Å². The Bertz CT molecular complexity index is 300. The third kappa shape index (κ3) is 3.51. The van der Waals surface area contributed by atoms with Gasteiger partial charge in [-0.05, 0) is 19.4 Å². The van der Waals surface area contributed by atoms with Gasteiger partial charge in [-0.3, -0.25) is 5.41 Å². The molecule has 1 aromatic rings. The van der Waals surface area contributed by atoms with E-state index in [1.807, 2.05) is 0 Å². The zero-order valence-corrected chi connectivity index (χ0v) is 8.74. The molecule has 0 aliphatic heterocycles. The summed E-state index contributed by atoms with van der Waals surface area (Å²) >= 11 is 1.36. The fourth-order valence-corrected chi connectivity index (χ4v) is 1.80. The van der Waals surface area contributed by atoms with E-state index in [2.05, 4.69) is 32.0 Å². The van der Waals surface area contributed by atoms with Crippen LogP contribution in [0.1, 0.15) is 16.7 Å². The van der Waals surface area contributed by atoms with Crippen molar-refractivity contribution in [1.82, 2.24) is 0 Å². The molecule has 1 aromatic carbocycles. The quantitative estimate of drug-likeness (QED) is 0.561. The molecule has 0 aliphatic carbocycles. The van der Waals surface area contributed by atoms with Crippen molar-refractivity contribution in [3.05, 3.63) is 34.9 Å². The normalized spacial score (nSPS) is 10.0. The van der Waals surface area contributed by atoms with E-state index in [-0.39, 0.29) is 5.17 Å². The summed E-state index contributed by atoms with van der Waals surface area (Å²) in [7, 11) is 0. The van der Waals surface area contributed by atoms with Gasteiger partial charge in [0.15, 0.2) is 5.17 Å². The molecule has 0 atom stereocenters. The second-order valence-corrected chi connectivity index (χ2v) is 4.17. The number of aryl methyl sites for hydroxylation is 2. The average Bonchev–Trinajstić information content (AvgIpc) is 1.99. The Morgan fingerprint density at radius 1 is 1.31 bits per heavy atom. The van der Waals surface area contributed by atoms with Crippen LogP contribution in [0.2, 0.25) is 0 Å². The van der Waals surface area contributed by atoms with Crippen LogP contribution in [0.4, 0.5) is 0 Å². The number of nitrogens with one attached hydrogen (secondary N) is 1. The molecule has 1 rings (SSSR count). The second-order valence-electron chi connectivity index (χ2n) is 3.15. The fraction of sp³-hybridized carbons (Fsp3) is 0.300. The highest BCUT2D eigenvalue weighted by Gasteiger charge is 1.97. The molecule has 70 valence electrons. The Kier molecular flexibility index (Phi) is 3.37. The smallest absolute Gasteiger partial charge is 0.151 e. The molecule has 0 saturated heterocycles. The molecule has 0 amide bonds. The maximum Gasteiger partial charge on any atom is 0.151 e. The van der Waals surface area contributed by atoms with Crippen molar-refractivity contribution in [2.24, 2.45) is 5.73 Å². The van der Waals surface area contributed by atoms with Crippen molar-refractivity contribution < 1.29 is 0 Å². The van der Waals surface area contributed by atoms with E-state index in [1.165, 1.54) is 28.5 Å². The summed E-state index contributed by atoms with van der Waals surface area (Å²) in [6, 6.07) is 6.40. The van der Waals surface area contributed by atoms with Crippen LogP contribution in [-0.4, -0.2) is 5.17 Å². The largest absolute Gasteiger partial charge is 0.379 e. The zero-order chi connectivity index (χ0) is 9.84. The molecular formula is C10H14N2S. The summed E-state index contributed by atoms with van der Waals surface area (Å²) < 4.78 is 0. The lowest BCUT2D eigenvalue weighted by atomic mass is 10.1. The summed E-state index contributed by atoms with van der Waals surface area (Å²) in [5.74, 6) is 0.790. The zero-order valence-electron chi connectivity index (χ0n) is 7.92. The Labute approximate surface area is 83.0 Å². The van der Waals surface area contributed by atoms with Gasteiger partial charge in [0.2, 0.25) is 0 Å². The van der Waals surface area contributed by atoms with Crippen molar-refractivity contribution in [2.75, 3.05) is 0 Å². The summed E-state index contributed by atoms with van der Waals surface area (Å²) in [6.45, 7) is 4.16. The maximum atomic E-state index is 7.09. The fourth-order valence-electron chi connectivity index (χ4n) is 1.31. The molecule has 0 aromatic heterocycles. The van der Waals surface area contributed by atoms with Crippen molar-refractivity contribution in [3.63, 3.8) is 0 Å². The summed E-state index contributed by atoms with van der Waals surface area (Å²) in [5.41, 5.74) is 9.02. The van der Waals surface area contributed by atoms with E-state index in [0.29, 0.717) is 0 Å². The lowest BCUT2D eigenvalue weighted by Gasteiger charge is -2.03. The summed E-state index contributed by atoms with van der Waals surface area (Å²) in [5, 5.41) is 7.27. The van der Waals surface area contributed by atoms with Gasteiger partial charge in [0, 0.05) is 5.75 Å². The predicted molar refractivity (Wildman–Crippen MR) is 59.1 cm³/mol. The third-order valence-electron chi connectivity index (χ3n) is 1.68. The van der Waals surface area contributed by atoms with Gasteiger partial charge in [0.05, 0.1) is 0 Å². The van der Waals surface area contributed by atoms with Crippen LogP contribution in [0, 0.1) is 19.3 Å². The first-order valence-electron chi connectivity index (χ1n) is 4.12.